The Labute approximate surface area is 108 Å². The maximum atomic E-state index is 5.46. The molecule has 0 fully saturated rings. The minimum Gasteiger partial charge on any atom is -0.298 e. The number of nitrogens with one attached hydrogen (secondary N) is 1. The number of hydrogen-bond acceptors (Lipinski definition) is 2. The highest BCUT2D eigenvalue weighted by atomic mass is 14.9. The molecule has 1 aromatic heterocycles. The van der Waals surface area contributed by atoms with E-state index in [4.69, 9.17) is 6.42 Å². The molecular weight excluding hydrogens is 220 g/mol. The third-order valence-electron chi connectivity index (χ3n) is 2.99. The Morgan fingerprint density at radius 3 is 2.78 bits per heavy atom. The summed E-state index contributed by atoms with van der Waals surface area (Å²) < 4.78 is 0. The van der Waals surface area contributed by atoms with Crippen molar-refractivity contribution >= 4 is 10.9 Å². The van der Waals surface area contributed by atoms with Crippen LogP contribution in [0.5, 0.6) is 0 Å². The molecule has 2 nitrogen and oxygen atoms in total. The molecule has 0 saturated heterocycles. The highest BCUT2D eigenvalue weighted by Crippen LogP contribution is 2.15. The molecule has 0 spiro atoms. The molecule has 1 heterocycles. The first-order valence-electron chi connectivity index (χ1n) is 6.09. The summed E-state index contributed by atoms with van der Waals surface area (Å²) in [4.78, 5) is 4.49. The van der Waals surface area contributed by atoms with E-state index in [1.807, 2.05) is 26.8 Å². The second-order valence-corrected chi connectivity index (χ2v) is 5.10. The summed E-state index contributed by atoms with van der Waals surface area (Å²) in [5.74, 6) is 2.73. The predicted molar refractivity (Wildman–Crippen MR) is 76.2 cm³/mol. The van der Waals surface area contributed by atoms with E-state index in [1.165, 1.54) is 10.9 Å². The first-order valence-corrected chi connectivity index (χ1v) is 6.09. The van der Waals surface area contributed by atoms with Crippen LogP contribution >= 0.6 is 0 Å². The molecule has 18 heavy (non-hydrogen) atoms. The van der Waals surface area contributed by atoms with Crippen LogP contribution in [0.4, 0.5) is 0 Å². The van der Waals surface area contributed by atoms with Crippen molar-refractivity contribution in [3.05, 3.63) is 41.6 Å². The number of pyridine rings is 1. The molecule has 0 radical (unpaired) electrons. The van der Waals surface area contributed by atoms with Gasteiger partial charge in [0, 0.05) is 17.6 Å². The third kappa shape index (κ3) is 2.88. The maximum absolute atomic E-state index is 5.46. The van der Waals surface area contributed by atoms with Crippen LogP contribution in [0.3, 0.4) is 0 Å². The van der Waals surface area contributed by atoms with Gasteiger partial charge in [0.15, 0.2) is 0 Å². The lowest BCUT2D eigenvalue weighted by atomic mass is 10.1. The summed E-state index contributed by atoms with van der Waals surface area (Å²) in [5, 5.41) is 4.51. The van der Waals surface area contributed by atoms with Crippen LogP contribution in [0.25, 0.3) is 10.9 Å². The van der Waals surface area contributed by atoms with Crippen LogP contribution in [-0.4, -0.2) is 10.5 Å². The normalized spacial score (nSPS) is 11.4. The largest absolute Gasteiger partial charge is 0.298 e. The molecule has 1 N–H and O–H groups in total. The Balaban J connectivity index is 2.21. The Morgan fingerprint density at radius 2 is 2.06 bits per heavy atom. The van der Waals surface area contributed by atoms with Crippen LogP contribution in [0.1, 0.15) is 25.1 Å². The molecule has 1 aromatic carbocycles. The number of benzene rings is 1. The fourth-order valence-electron chi connectivity index (χ4n) is 1.76. The van der Waals surface area contributed by atoms with Gasteiger partial charge in [-0.05, 0) is 44.5 Å². The highest BCUT2D eigenvalue weighted by molar-refractivity contribution is 5.79. The van der Waals surface area contributed by atoms with Crippen LogP contribution in [0.2, 0.25) is 0 Å². The zero-order valence-corrected chi connectivity index (χ0v) is 11.1. The number of nitrogens with zero attached hydrogens (tertiary/aromatic N) is 1. The van der Waals surface area contributed by atoms with Gasteiger partial charge >= 0.3 is 0 Å². The van der Waals surface area contributed by atoms with E-state index in [0.717, 1.165) is 17.8 Å². The summed E-state index contributed by atoms with van der Waals surface area (Å²) in [6.07, 6.45) is 5.46. The predicted octanol–water partition coefficient (Wildman–Crippen LogP) is 3.04. The first kappa shape index (κ1) is 12.6. The average Bonchev–Trinajstić information content (AvgIpc) is 2.36. The quantitative estimate of drug-likeness (QED) is 0.831. The molecule has 0 aliphatic carbocycles. The number of hydrogen-bond donors (Lipinski definition) is 1. The van der Waals surface area contributed by atoms with E-state index in [1.54, 1.807) is 0 Å². The summed E-state index contributed by atoms with van der Waals surface area (Å²) in [5.41, 5.74) is 3.02. The zero-order valence-electron chi connectivity index (χ0n) is 11.1. The minimum atomic E-state index is -0.277. The van der Waals surface area contributed by atoms with E-state index in [0.29, 0.717) is 0 Å². The molecule has 0 unspecified atom stereocenters. The fraction of sp³-hybridized carbons (Fsp3) is 0.312. The van der Waals surface area contributed by atoms with Gasteiger partial charge in [-0.2, -0.15) is 0 Å². The molecule has 0 aliphatic heterocycles. The standard InChI is InChI=1S/C16H18N2/c1-5-16(3,4)17-11-13-7-9-15-14(10-13)8-6-12(2)18-15/h1,6-10,17H,11H2,2-4H3. The molecular formula is C16H18N2. The van der Waals surface area contributed by atoms with Crippen LogP contribution < -0.4 is 5.32 Å². The summed E-state index contributed by atoms with van der Waals surface area (Å²) in [6, 6.07) is 10.4. The molecule has 2 heteroatoms. The van der Waals surface area contributed by atoms with Crippen molar-refractivity contribution < 1.29 is 0 Å². The van der Waals surface area contributed by atoms with Gasteiger partial charge in [-0.3, -0.25) is 10.3 Å². The fourth-order valence-corrected chi connectivity index (χ4v) is 1.76. The van der Waals surface area contributed by atoms with Gasteiger partial charge in [0.05, 0.1) is 11.1 Å². The van der Waals surface area contributed by atoms with Gasteiger partial charge in [0.25, 0.3) is 0 Å². The number of rotatable bonds is 3. The smallest absolute Gasteiger partial charge is 0.0743 e. The van der Waals surface area contributed by atoms with E-state index in [-0.39, 0.29) is 5.54 Å². The Kier molecular flexibility index (Phi) is 3.36. The van der Waals surface area contributed by atoms with Crippen molar-refractivity contribution in [3.63, 3.8) is 0 Å². The van der Waals surface area contributed by atoms with Crippen molar-refractivity contribution in [1.29, 1.82) is 0 Å². The molecule has 0 amide bonds. The molecule has 0 aliphatic rings. The van der Waals surface area contributed by atoms with Gasteiger partial charge < -0.3 is 0 Å². The average molecular weight is 238 g/mol. The summed E-state index contributed by atoms with van der Waals surface area (Å²) >= 11 is 0. The van der Waals surface area contributed by atoms with E-state index in [9.17, 15) is 0 Å². The van der Waals surface area contributed by atoms with Gasteiger partial charge in [-0.15, -0.1) is 6.42 Å². The molecule has 2 rings (SSSR count). The number of aryl methyl sites for hydroxylation is 1. The van der Waals surface area contributed by atoms with E-state index in [2.05, 4.69) is 40.5 Å². The number of terminal acetylenes is 1. The van der Waals surface area contributed by atoms with Gasteiger partial charge in [0.1, 0.15) is 0 Å². The van der Waals surface area contributed by atoms with E-state index < -0.39 is 0 Å². The highest BCUT2D eigenvalue weighted by Gasteiger charge is 2.12. The second kappa shape index (κ2) is 4.80. The number of aromatic nitrogens is 1. The molecule has 0 saturated carbocycles. The molecule has 2 aromatic rings. The SMILES string of the molecule is C#CC(C)(C)NCc1ccc2nc(C)ccc2c1. The van der Waals surface area contributed by atoms with Gasteiger partial charge in [0.2, 0.25) is 0 Å². The van der Waals surface area contributed by atoms with Crippen molar-refractivity contribution in [2.75, 3.05) is 0 Å². The first-order chi connectivity index (χ1) is 8.50. The minimum absolute atomic E-state index is 0.277. The van der Waals surface area contributed by atoms with Gasteiger partial charge in [-0.1, -0.05) is 18.1 Å². The second-order valence-electron chi connectivity index (χ2n) is 5.10. The van der Waals surface area contributed by atoms with E-state index >= 15 is 0 Å². The van der Waals surface area contributed by atoms with Crippen LogP contribution in [-0.2, 0) is 6.54 Å². The Morgan fingerprint density at radius 1 is 1.28 bits per heavy atom. The number of fused-ring (bicyclic) bond motifs is 1. The van der Waals surface area contributed by atoms with Crippen LogP contribution in [0.15, 0.2) is 30.3 Å². The molecule has 92 valence electrons. The van der Waals surface area contributed by atoms with Crippen molar-refractivity contribution in [1.82, 2.24) is 10.3 Å². The molecule has 0 atom stereocenters. The van der Waals surface area contributed by atoms with Crippen molar-refractivity contribution in [2.24, 2.45) is 0 Å². The van der Waals surface area contributed by atoms with Gasteiger partial charge in [-0.25, -0.2) is 0 Å². The van der Waals surface area contributed by atoms with Crippen molar-refractivity contribution in [2.45, 2.75) is 32.9 Å². The van der Waals surface area contributed by atoms with Crippen LogP contribution in [0, 0.1) is 19.3 Å². The maximum Gasteiger partial charge on any atom is 0.0743 e. The Hall–Kier alpha value is -1.85. The monoisotopic (exact) mass is 238 g/mol. The summed E-state index contributed by atoms with van der Waals surface area (Å²) in [6.45, 7) is 6.77. The lowest BCUT2D eigenvalue weighted by Gasteiger charge is -2.19. The lowest BCUT2D eigenvalue weighted by Crippen LogP contribution is -2.36. The molecule has 0 bridgehead atoms. The van der Waals surface area contributed by atoms with Crippen molar-refractivity contribution in [3.8, 4) is 12.3 Å². The zero-order chi connectivity index (χ0) is 13.2. The topological polar surface area (TPSA) is 24.9 Å². The summed E-state index contributed by atoms with van der Waals surface area (Å²) in [7, 11) is 0. The Bertz CT molecular complexity index is 606. The lowest BCUT2D eigenvalue weighted by molar-refractivity contribution is 0.491. The third-order valence-corrected chi connectivity index (χ3v) is 2.99.